The fraction of sp³-hybridized carbons (Fsp3) is 0.250. The molecule has 1 aromatic carbocycles. The van der Waals surface area contributed by atoms with Gasteiger partial charge in [0.25, 0.3) is 0 Å². The number of fused-ring (bicyclic) bond motifs is 1. The minimum atomic E-state index is -4.71. The fourth-order valence-electron chi connectivity index (χ4n) is 1.58. The first-order valence-corrected chi connectivity index (χ1v) is 6.05. The van der Waals surface area contributed by atoms with Crippen LogP contribution in [0.3, 0.4) is 0 Å². The first kappa shape index (κ1) is 13.5. The molecule has 0 radical (unpaired) electrons. The Balaban J connectivity index is 2.45. The summed E-state index contributed by atoms with van der Waals surface area (Å²) < 4.78 is 42.4. The van der Waals surface area contributed by atoms with E-state index in [9.17, 15) is 13.2 Å². The zero-order valence-corrected chi connectivity index (χ0v) is 10.7. The number of nitrogens with one attached hydrogen (secondary N) is 1. The molecule has 0 aliphatic carbocycles. The summed E-state index contributed by atoms with van der Waals surface area (Å²) in [6.45, 7) is 2.03. The Morgan fingerprint density at radius 1 is 1.42 bits per heavy atom. The number of aromatic nitrogens is 1. The fourth-order valence-corrected chi connectivity index (χ4v) is 2.52. The van der Waals surface area contributed by atoms with Crippen LogP contribution in [0.25, 0.3) is 10.2 Å². The molecule has 0 bridgehead atoms. The number of rotatable bonds is 2. The van der Waals surface area contributed by atoms with Crippen molar-refractivity contribution in [3.63, 3.8) is 0 Å². The molecular weight excluding hydrogens is 277 g/mol. The number of hydrogen-bond donors (Lipinski definition) is 1. The number of alkyl halides is 3. The van der Waals surface area contributed by atoms with Crippen LogP contribution in [0.4, 0.5) is 13.2 Å². The van der Waals surface area contributed by atoms with Crippen molar-refractivity contribution in [3.8, 4) is 17.6 Å². The van der Waals surface area contributed by atoms with Gasteiger partial charge >= 0.3 is 6.36 Å². The number of thiazole rings is 1. The molecule has 7 heteroatoms. The summed E-state index contributed by atoms with van der Waals surface area (Å²) in [4.78, 5) is 0.238. The normalized spacial score (nSPS) is 11.2. The second-order valence-corrected chi connectivity index (χ2v) is 4.63. The number of halogens is 3. The van der Waals surface area contributed by atoms with Crippen LogP contribution in [0.1, 0.15) is 6.92 Å². The smallest absolute Gasteiger partial charge is 0.406 e. The Labute approximate surface area is 110 Å². The third-order valence-electron chi connectivity index (χ3n) is 2.32. The highest BCUT2D eigenvalue weighted by molar-refractivity contribution is 7.16. The lowest BCUT2D eigenvalue weighted by atomic mass is 10.3. The molecule has 2 aromatic rings. The standard InChI is InChI=1S/C12H9F3N2OS/c1-2-3-6-17-9-5-4-8(18-12(13,14)15)7-10(9)19-11(17)16/h4-5,7,16H,6H2,1H3. The molecule has 19 heavy (non-hydrogen) atoms. The summed E-state index contributed by atoms with van der Waals surface area (Å²) in [5, 5.41) is 7.78. The first-order valence-electron chi connectivity index (χ1n) is 5.24. The maximum atomic E-state index is 12.1. The van der Waals surface area contributed by atoms with E-state index in [1.807, 2.05) is 0 Å². The van der Waals surface area contributed by atoms with Gasteiger partial charge in [0.15, 0.2) is 4.80 Å². The van der Waals surface area contributed by atoms with Crippen LogP contribution in [0, 0.1) is 17.3 Å². The second kappa shape index (κ2) is 4.97. The van der Waals surface area contributed by atoms with Crippen molar-refractivity contribution in [1.29, 1.82) is 5.41 Å². The van der Waals surface area contributed by atoms with Gasteiger partial charge in [0.1, 0.15) is 5.75 Å². The van der Waals surface area contributed by atoms with Crippen LogP contribution in [0.2, 0.25) is 0 Å². The number of ether oxygens (including phenoxy) is 1. The van der Waals surface area contributed by atoms with Crippen molar-refractivity contribution in [3.05, 3.63) is 23.0 Å². The van der Waals surface area contributed by atoms with Gasteiger partial charge in [-0.15, -0.1) is 19.1 Å². The molecule has 1 heterocycles. The van der Waals surface area contributed by atoms with Crippen molar-refractivity contribution < 1.29 is 17.9 Å². The Hall–Kier alpha value is -1.94. The van der Waals surface area contributed by atoms with Crippen LogP contribution in [0.15, 0.2) is 18.2 Å². The molecule has 0 spiro atoms. The van der Waals surface area contributed by atoms with Crippen LogP contribution >= 0.6 is 11.3 Å². The molecule has 0 saturated carbocycles. The van der Waals surface area contributed by atoms with E-state index in [4.69, 9.17) is 5.41 Å². The molecule has 0 aliphatic rings. The van der Waals surface area contributed by atoms with Gasteiger partial charge in [-0.1, -0.05) is 17.3 Å². The molecule has 0 atom stereocenters. The van der Waals surface area contributed by atoms with Crippen molar-refractivity contribution in [2.24, 2.45) is 0 Å². The molecular formula is C12H9F3N2OS. The van der Waals surface area contributed by atoms with E-state index >= 15 is 0 Å². The monoisotopic (exact) mass is 286 g/mol. The molecule has 1 aromatic heterocycles. The lowest BCUT2D eigenvalue weighted by Crippen LogP contribution is -2.17. The minimum absolute atomic E-state index is 0.238. The van der Waals surface area contributed by atoms with Gasteiger partial charge in [-0.3, -0.25) is 5.41 Å². The molecule has 0 amide bonds. The van der Waals surface area contributed by atoms with E-state index in [0.29, 0.717) is 16.8 Å². The molecule has 100 valence electrons. The van der Waals surface area contributed by atoms with Crippen molar-refractivity contribution in [2.75, 3.05) is 0 Å². The summed E-state index contributed by atoms with van der Waals surface area (Å²) in [5.74, 6) is 5.26. The quantitative estimate of drug-likeness (QED) is 0.846. The second-order valence-electron chi connectivity index (χ2n) is 3.60. The van der Waals surface area contributed by atoms with Gasteiger partial charge in [-0.05, 0) is 25.1 Å². The largest absolute Gasteiger partial charge is 0.573 e. The number of benzene rings is 1. The van der Waals surface area contributed by atoms with Crippen molar-refractivity contribution >= 4 is 21.6 Å². The van der Waals surface area contributed by atoms with Gasteiger partial charge < -0.3 is 9.30 Å². The SMILES string of the molecule is CC#CCn1c(=N)sc2cc(OC(F)(F)F)ccc21. The summed E-state index contributed by atoms with van der Waals surface area (Å²) >= 11 is 1.08. The van der Waals surface area contributed by atoms with Crippen LogP contribution in [0.5, 0.6) is 5.75 Å². The lowest BCUT2D eigenvalue weighted by molar-refractivity contribution is -0.274. The van der Waals surface area contributed by atoms with Crippen LogP contribution < -0.4 is 9.54 Å². The topological polar surface area (TPSA) is 38.0 Å². The van der Waals surface area contributed by atoms with Gasteiger partial charge in [-0.25, -0.2) is 0 Å². The van der Waals surface area contributed by atoms with Gasteiger partial charge in [0.05, 0.1) is 16.8 Å². The maximum absolute atomic E-state index is 12.1. The van der Waals surface area contributed by atoms with Gasteiger partial charge in [-0.2, -0.15) is 0 Å². The number of hydrogen-bond acceptors (Lipinski definition) is 3. The highest BCUT2D eigenvalue weighted by atomic mass is 32.1. The van der Waals surface area contributed by atoms with E-state index in [0.717, 1.165) is 11.3 Å². The highest BCUT2D eigenvalue weighted by Crippen LogP contribution is 2.27. The van der Waals surface area contributed by atoms with E-state index in [1.54, 1.807) is 11.5 Å². The minimum Gasteiger partial charge on any atom is -0.406 e. The molecule has 0 aliphatic heterocycles. The summed E-state index contributed by atoms with van der Waals surface area (Å²) in [7, 11) is 0. The summed E-state index contributed by atoms with van der Waals surface area (Å²) in [5.41, 5.74) is 0.673. The molecule has 0 saturated heterocycles. The van der Waals surface area contributed by atoms with E-state index in [-0.39, 0.29) is 10.6 Å². The molecule has 2 rings (SSSR count). The Kier molecular flexibility index (Phi) is 3.53. The van der Waals surface area contributed by atoms with Gasteiger partial charge in [0.2, 0.25) is 0 Å². The summed E-state index contributed by atoms with van der Waals surface area (Å²) in [6.07, 6.45) is -4.71. The predicted octanol–water partition coefficient (Wildman–Crippen LogP) is 3.10. The Morgan fingerprint density at radius 2 is 2.16 bits per heavy atom. The predicted molar refractivity (Wildman–Crippen MR) is 65.8 cm³/mol. The van der Waals surface area contributed by atoms with E-state index in [2.05, 4.69) is 16.6 Å². The zero-order valence-electron chi connectivity index (χ0n) is 9.84. The van der Waals surface area contributed by atoms with Gasteiger partial charge in [0, 0.05) is 0 Å². The van der Waals surface area contributed by atoms with Crippen LogP contribution in [-0.4, -0.2) is 10.9 Å². The van der Waals surface area contributed by atoms with Crippen LogP contribution in [-0.2, 0) is 6.54 Å². The van der Waals surface area contributed by atoms with E-state index < -0.39 is 6.36 Å². The third-order valence-corrected chi connectivity index (χ3v) is 3.28. The Bertz CT molecular complexity index is 718. The molecule has 3 nitrogen and oxygen atoms in total. The molecule has 0 fully saturated rings. The number of nitrogens with zero attached hydrogens (tertiary/aromatic N) is 1. The van der Waals surface area contributed by atoms with E-state index in [1.165, 1.54) is 18.2 Å². The average molecular weight is 286 g/mol. The summed E-state index contributed by atoms with van der Waals surface area (Å²) in [6, 6.07) is 4.02. The Morgan fingerprint density at radius 3 is 2.79 bits per heavy atom. The molecule has 1 N–H and O–H groups in total. The lowest BCUT2D eigenvalue weighted by Gasteiger charge is -2.08. The molecule has 0 unspecified atom stereocenters. The zero-order chi connectivity index (χ0) is 14.0. The maximum Gasteiger partial charge on any atom is 0.573 e. The third kappa shape index (κ3) is 3.09. The first-order chi connectivity index (χ1) is 8.90. The van der Waals surface area contributed by atoms with Crippen molar-refractivity contribution in [2.45, 2.75) is 19.8 Å². The average Bonchev–Trinajstić information content (AvgIpc) is 2.59. The highest BCUT2D eigenvalue weighted by Gasteiger charge is 2.31. The van der Waals surface area contributed by atoms with Crippen molar-refractivity contribution in [1.82, 2.24) is 4.57 Å².